The fourth-order valence-corrected chi connectivity index (χ4v) is 3.95. The van der Waals surface area contributed by atoms with Crippen LogP contribution < -0.4 is 4.74 Å². The molecule has 2 rings (SSSR count). The van der Waals surface area contributed by atoms with Crippen LogP contribution in [0.2, 0.25) is 0 Å². The molecule has 0 N–H and O–H groups in total. The van der Waals surface area contributed by atoms with Crippen molar-refractivity contribution in [2.45, 2.75) is 52.4 Å². The van der Waals surface area contributed by atoms with Crippen molar-refractivity contribution in [2.24, 2.45) is 5.41 Å². The standard InChI is InChI=1S/C18H26O/c1-6-18(12-14(2)11-17(3,4)13-18)15-9-7-8-10-16(15)19-5/h7-11H,6,12-13H2,1-5H3. The first-order chi connectivity index (χ1) is 8.92. The molecule has 1 aromatic carbocycles. The Morgan fingerprint density at radius 3 is 2.47 bits per heavy atom. The van der Waals surface area contributed by atoms with Crippen LogP contribution in [0.5, 0.6) is 5.75 Å². The minimum atomic E-state index is 0.217. The normalized spacial score (nSPS) is 25.8. The van der Waals surface area contributed by atoms with Crippen molar-refractivity contribution in [3.8, 4) is 5.75 Å². The molecule has 1 atom stereocenters. The molecule has 1 nitrogen and oxygen atoms in total. The van der Waals surface area contributed by atoms with E-state index >= 15 is 0 Å². The summed E-state index contributed by atoms with van der Waals surface area (Å²) < 4.78 is 5.61. The Morgan fingerprint density at radius 2 is 1.89 bits per heavy atom. The van der Waals surface area contributed by atoms with Gasteiger partial charge in [-0.05, 0) is 37.7 Å². The summed E-state index contributed by atoms with van der Waals surface area (Å²) in [4.78, 5) is 0. The van der Waals surface area contributed by atoms with Crippen LogP contribution in [0, 0.1) is 5.41 Å². The largest absolute Gasteiger partial charge is 0.496 e. The molecule has 0 saturated heterocycles. The van der Waals surface area contributed by atoms with Crippen molar-refractivity contribution in [3.05, 3.63) is 41.5 Å². The molecule has 0 aliphatic heterocycles. The second-order valence-corrected chi connectivity index (χ2v) is 6.67. The Labute approximate surface area is 117 Å². The van der Waals surface area contributed by atoms with Crippen LogP contribution in [0.1, 0.15) is 52.5 Å². The van der Waals surface area contributed by atoms with Gasteiger partial charge in [0.05, 0.1) is 7.11 Å². The number of ether oxygens (including phenoxy) is 1. The number of hydrogen-bond donors (Lipinski definition) is 0. The second-order valence-electron chi connectivity index (χ2n) is 6.67. The van der Waals surface area contributed by atoms with E-state index in [0.29, 0.717) is 0 Å². The van der Waals surface area contributed by atoms with Gasteiger partial charge in [-0.1, -0.05) is 50.6 Å². The highest BCUT2D eigenvalue weighted by molar-refractivity contribution is 5.42. The Bertz CT molecular complexity index is 484. The van der Waals surface area contributed by atoms with Crippen LogP contribution in [0.4, 0.5) is 0 Å². The first-order valence-electron chi connectivity index (χ1n) is 7.24. The van der Waals surface area contributed by atoms with Crippen LogP contribution in [-0.4, -0.2) is 7.11 Å². The van der Waals surface area contributed by atoms with E-state index in [9.17, 15) is 0 Å². The maximum Gasteiger partial charge on any atom is 0.122 e. The smallest absolute Gasteiger partial charge is 0.122 e. The first-order valence-corrected chi connectivity index (χ1v) is 7.24. The van der Waals surface area contributed by atoms with Gasteiger partial charge in [0.2, 0.25) is 0 Å². The molecule has 0 heterocycles. The Morgan fingerprint density at radius 1 is 1.21 bits per heavy atom. The zero-order valence-corrected chi connectivity index (χ0v) is 12.9. The molecule has 19 heavy (non-hydrogen) atoms. The molecule has 0 bridgehead atoms. The van der Waals surface area contributed by atoms with Crippen molar-refractivity contribution >= 4 is 0 Å². The van der Waals surface area contributed by atoms with Gasteiger partial charge in [-0.2, -0.15) is 0 Å². The lowest BCUT2D eigenvalue weighted by Crippen LogP contribution is -2.35. The van der Waals surface area contributed by atoms with E-state index in [1.165, 1.54) is 17.6 Å². The first kappa shape index (κ1) is 14.2. The monoisotopic (exact) mass is 258 g/mol. The fourth-order valence-electron chi connectivity index (χ4n) is 3.95. The van der Waals surface area contributed by atoms with E-state index in [1.54, 1.807) is 7.11 Å². The number of benzene rings is 1. The number of methoxy groups -OCH3 is 1. The van der Waals surface area contributed by atoms with Crippen molar-refractivity contribution in [3.63, 3.8) is 0 Å². The van der Waals surface area contributed by atoms with Gasteiger partial charge in [0.15, 0.2) is 0 Å². The summed E-state index contributed by atoms with van der Waals surface area (Å²) in [6.45, 7) is 9.26. The molecule has 0 aromatic heterocycles. The van der Waals surface area contributed by atoms with Crippen molar-refractivity contribution in [2.75, 3.05) is 7.11 Å². The summed E-state index contributed by atoms with van der Waals surface area (Å²) in [6.07, 6.45) is 5.93. The maximum absolute atomic E-state index is 5.61. The molecule has 1 aliphatic carbocycles. The average molecular weight is 258 g/mol. The molecule has 0 amide bonds. The van der Waals surface area contributed by atoms with Gasteiger partial charge >= 0.3 is 0 Å². The predicted octanol–water partition coefficient (Wildman–Crippen LogP) is 5.11. The highest BCUT2D eigenvalue weighted by Gasteiger charge is 2.40. The molecular weight excluding hydrogens is 232 g/mol. The van der Waals surface area contributed by atoms with Gasteiger partial charge in [0.25, 0.3) is 0 Å². The van der Waals surface area contributed by atoms with Crippen molar-refractivity contribution in [1.82, 2.24) is 0 Å². The maximum atomic E-state index is 5.61. The number of hydrogen-bond acceptors (Lipinski definition) is 1. The number of para-hydroxylation sites is 1. The van der Waals surface area contributed by atoms with Gasteiger partial charge in [0, 0.05) is 11.0 Å². The zero-order chi connectivity index (χ0) is 14.1. The van der Waals surface area contributed by atoms with Crippen LogP contribution in [0.15, 0.2) is 35.9 Å². The summed E-state index contributed by atoms with van der Waals surface area (Å²) in [5, 5.41) is 0. The lowest BCUT2D eigenvalue weighted by Gasteiger charge is -2.44. The average Bonchev–Trinajstić information content (AvgIpc) is 2.36. The predicted molar refractivity (Wildman–Crippen MR) is 81.7 cm³/mol. The highest BCUT2D eigenvalue weighted by Crippen LogP contribution is 2.50. The summed E-state index contributed by atoms with van der Waals surface area (Å²) in [7, 11) is 1.78. The topological polar surface area (TPSA) is 9.23 Å². The van der Waals surface area contributed by atoms with E-state index in [-0.39, 0.29) is 10.8 Å². The third kappa shape index (κ3) is 2.70. The van der Waals surface area contributed by atoms with E-state index < -0.39 is 0 Å². The van der Waals surface area contributed by atoms with Crippen LogP contribution in [0.25, 0.3) is 0 Å². The SMILES string of the molecule is CCC1(c2ccccc2OC)CC(C)=CC(C)(C)C1. The van der Waals surface area contributed by atoms with Crippen LogP contribution >= 0.6 is 0 Å². The Hall–Kier alpha value is -1.24. The van der Waals surface area contributed by atoms with Gasteiger partial charge in [-0.3, -0.25) is 0 Å². The minimum absolute atomic E-state index is 0.217. The quantitative estimate of drug-likeness (QED) is 0.685. The lowest BCUT2D eigenvalue weighted by molar-refractivity contribution is 0.241. The van der Waals surface area contributed by atoms with Gasteiger partial charge in [-0.15, -0.1) is 0 Å². The van der Waals surface area contributed by atoms with Crippen LogP contribution in [0.3, 0.4) is 0 Å². The molecule has 0 fully saturated rings. The third-order valence-electron chi connectivity index (χ3n) is 4.40. The summed E-state index contributed by atoms with van der Waals surface area (Å²) in [5.41, 5.74) is 3.36. The lowest BCUT2D eigenvalue weighted by atomic mass is 9.60. The van der Waals surface area contributed by atoms with E-state index in [0.717, 1.165) is 18.6 Å². The van der Waals surface area contributed by atoms with Crippen molar-refractivity contribution < 1.29 is 4.74 Å². The number of allylic oxidation sites excluding steroid dienone is 2. The molecule has 1 unspecified atom stereocenters. The zero-order valence-electron chi connectivity index (χ0n) is 12.9. The molecule has 0 spiro atoms. The van der Waals surface area contributed by atoms with Crippen LogP contribution in [-0.2, 0) is 5.41 Å². The van der Waals surface area contributed by atoms with Crippen molar-refractivity contribution in [1.29, 1.82) is 0 Å². The Balaban J connectivity index is 2.52. The molecular formula is C18H26O. The second kappa shape index (κ2) is 5.03. The highest BCUT2D eigenvalue weighted by atomic mass is 16.5. The minimum Gasteiger partial charge on any atom is -0.496 e. The molecule has 1 aromatic rings. The number of rotatable bonds is 3. The molecule has 0 radical (unpaired) electrons. The molecule has 0 saturated carbocycles. The van der Waals surface area contributed by atoms with Gasteiger partial charge in [-0.25, -0.2) is 0 Å². The summed E-state index contributed by atoms with van der Waals surface area (Å²) in [6, 6.07) is 8.53. The van der Waals surface area contributed by atoms with Gasteiger partial charge in [0.1, 0.15) is 5.75 Å². The Kier molecular flexibility index (Phi) is 3.75. The molecule has 104 valence electrons. The van der Waals surface area contributed by atoms with E-state index in [2.05, 4.69) is 58.0 Å². The third-order valence-corrected chi connectivity index (χ3v) is 4.40. The fraction of sp³-hybridized carbons (Fsp3) is 0.556. The summed E-state index contributed by atoms with van der Waals surface area (Å²) >= 11 is 0. The van der Waals surface area contributed by atoms with Gasteiger partial charge < -0.3 is 4.74 Å². The molecule has 1 heteroatoms. The van der Waals surface area contributed by atoms with E-state index in [1.807, 2.05) is 0 Å². The summed E-state index contributed by atoms with van der Waals surface area (Å²) in [5.74, 6) is 1.04. The van der Waals surface area contributed by atoms with E-state index in [4.69, 9.17) is 4.74 Å². The molecule has 1 aliphatic rings.